The van der Waals surface area contributed by atoms with Gasteiger partial charge in [0.15, 0.2) is 0 Å². The first kappa shape index (κ1) is 16.1. The summed E-state index contributed by atoms with van der Waals surface area (Å²) in [5.74, 6) is -0.151. The lowest BCUT2D eigenvalue weighted by molar-refractivity contribution is 0.558. The lowest BCUT2D eigenvalue weighted by Crippen LogP contribution is -2.18. The second kappa shape index (κ2) is 7.10. The molecule has 112 valence electrons. The molecule has 2 aromatic rings. The van der Waals surface area contributed by atoms with Crippen molar-refractivity contribution in [1.82, 2.24) is 5.32 Å². The van der Waals surface area contributed by atoms with Crippen molar-refractivity contribution in [3.05, 3.63) is 58.9 Å². The third-order valence-corrected chi connectivity index (χ3v) is 4.83. The van der Waals surface area contributed by atoms with Crippen molar-refractivity contribution >= 4 is 11.8 Å². The summed E-state index contributed by atoms with van der Waals surface area (Å²) >= 11 is 1.52. The molecule has 0 aromatic heterocycles. The van der Waals surface area contributed by atoms with Gasteiger partial charge in [-0.2, -0.15) is 0 Å². The number of aryl methyl sites for hydroxylation is 2. The molecular weight excluding hydrogens is 281 g/mol. The molecule has 0 heterocycles. The highest BCUT2D eigenvalue weighted by Gasteiger charge is 2.15. The third-order valence-electron chi connectivity index (χ3n) is 3.52. The first-order valence-corrected chi connectivity index (χ1v) is 8.11. The fourth-order valence-corrected chi connectivity index (χ4v) is 3.52. The number of benzene rings is 2. The molecule has 0 bridgehead atoms. The summed E-state index contributed by atoms with van der Waals surface area (Å²) in [4.78, 5) is 1.83. The minimum atomic E-state index is -0.151. The predicted octanol–water partition coefficient (Wildman–Crippen LogP) is 5.26. The molecule has 0 saturated heterocycles. The summed E-state index contributed by atoms with van der Waals surface area (Å²) in [5, 5.41) is 3.36. The monoisotopic (exact) mass is 303 g/mol. The fraction of sp³-hybridized carbons (Fsp3) is 0.333. The molecule has 0 amide bonds. The molecule has 0 saturated carbocycles. The van der Waals surface area contributed by atoms with Crippen molar-refractivity contribution in [2.75, 3.05) is 6.54 Å². The van der Waals surface area contributed by atoms with Gasteiger partial charge in [0.2, 0.25) is 0 Å². The maximum absolute atomic E-state index is 14.3. The fourth-order valence-electron chi connectivity index (χ4n) is 2.41. The van der Waals surface area contributed by atoms with Gasteiger partial charge < -0.3 is 5.32 Å². The molecule has 0 aliphatic carbocycles. The minimum Gasteiger partial charge on any atom is -0.310 e. The highest BCUT2D eigenvalue weighted by Crippen LogP contribution is 2.37. The SMILES string of the molecule is CCNC(C)c1cccc(F)c1Sc1ccc(C)cc1C. The van der Waals surface area contributed by atoms with Crippen LogP contribution in [0.1, 0.15) is 36.6 Å². The van der Waals surface area contributed by atoms with Crippen molar-refractivity contribution < 1.29 is 4.39 Å². The Kier molecular flexibility index (Phi) is 5.43. The first-order chi connectivity index (χ1) is 10.0. The van der Waals surface area contributed by atoms with E-state index in [4.69, 9.17) is 0 Å². The van der Waals surface area contributed by atoms with Gasteiger partial charge in [-0.15, -0.1) is 0 Å². The average Bonchev–Trinajstić information content (AvgIpc) is 2.43. The maximum atomic E-state index is 14.3. The molecular formula is C18H22FNS. The zero-order chi connectivity index (χ0) is 15.4. The van der Waals surface area contributed by atoms with Gasteiger partial charge in [0, 0.05) is 10.9 Å². The largest absolute Gasteiger partial charge is 0.310 e. The van der Waals surface area contributed by atoms with Crippen molar-refractivity contribution in [3.8, 4) is 0 Å². The van der Waals surface area contributed by atoms with E-state index in [1.807, 2.05) is 6.07 Å². The summed E-state index contributed by atoms with van der Waals surface area (Å²) in [6, 6.07) is 11.7. The Morgan fingerprint density at radius 2 is 1.95 bits per heavy atom. The topological polar surface area (TPSA) is 12.0 Å². The van der Waals surface area contributed by atoms with E-state index < -0.39 is 0 Å². The Balaban J connectivity index is 2.38. The van der Waals surface area contributed by atoms with E-state index >= 15 is 0 Å². The summed E-state index contributed by atoms with van der Waals surface area (Å²) in [6.45, 7) is 9.15. The Morgan fingerprint density at radius 1 is 1.19 bits per heavy atom. The standard InChI is InChI=1S/C18H22FNS/c1-5-20-14(4)15-7-6-8-16(19)18(15)21-17-10-9-12(2)11-13(17)3/h6-11,14,20H,5H2,1-4H3. The summed E-state index contributed by atoms with van der Waals surface area (Å²) in [7, 11) is 0. The number of hydrogen-bond acceptors (Lipinski definition) is 2. The highest BCUT2D eigenvalue weighted by molar-refractivity contribution is 7.99. The molecule has 1 N–H and O–H groups in total. The summed E-state index contributed by atoms with van der Waals surface area (Å²) < 4.78 is 14.3. The van der Waals surface area contributed by atoms with Gasteiger partial charge in [-0.3, -0.25) is 0 Å². The van der Waals surface area contributed by atoms with E-state index in [2.05, 4.69) is 51.2 Å². The van der Waals surface area contributed by atoms with Crippen LogP contribution in [0.4, 0.5) is 4.39 Å². The minimum absolute atomic E-state index is 0.138. The number of hydrogen-bond donors (Lipinski definition) is 1. The Hall–Kier alpha value is -1.32. The first-order valence-electron chi connectivity index (χ1n) is 7.29. The smallest absolute Gasteiger partial charge is 0.137 e. The normalized spacial score (nSPS) is 12.4. The van der Waals surface area contributed by atoms with Crippen molar-refractivity contribution in [2.24, 2.45) is 0 Å². The van der Waals surface area contributed by atoms with Crippen LogP contribution in [-0.2, 0) is 0 Å². The van der Waals surface area contributed by atoms with E-state index in [0.29, 0.717) is 0 Å². The average molecular weight is 303 g/mol. The van der Waals surface area contributed by atoms with Crippen LogP contribution in [0.2, 0.25) is 0 Å². The van der Waals surface area contributed by atoms with Crippen molar-refractivity contribution in [2.45, 2.75) is 43.5 Å². The molecule has 0 aliphatic heterocycles. The van der Waals surface area contributed by atoms with Crippen LogP contribution >= 0.6 is 11.8 Å². The summed E-state index contributed by atoms with van der Waals surface area (Å²) in [5.41, 5.74) is 3.43. The second-order valence-corrected chi connectivity index (χ2v) is 6.36. The molecule has 2 rings (SSSR count). The molecule has 21 heavy (non-hydrogen) atoms. The van der Waals surface area contributed by atoms with Gasteiger partial charge in [0.1, 0.15) is 5.82 Å². The number of halogens is 1. The zero-order valence-corrected chi connectivity index (χ0v) is 13.9. The zero-order valence-electron chi connectivity index (χ0n) is 13.0. The third kappa shape index (κ3) is 3.86. The molecule has 0 fully saturated rings. The lowest BCUT2D eigenvalue weighted by atomic mass is 10.1. The predicted molar refractivity (Wildman–Crippen MR) is 88.5 cm³/mol. The molecule has 1 unspecified atom stereocenters. The molecule has 0 spiro atoms. The second-order valence-electron chi connectivity index (χ2n) is 5.31. The molecule has 1 nitrogen and oxygen atoms in total. The number of nitrogens with one attached hydrogen (secondary N) is 1. The van der Waals surface area contributed by atoms with Crippen LogP contribution in [0, 0.1) is 19.7 Å². The van der Waals surface area contributed by atoms with Crippen LogP contribution in [-0.4, -0.2) is 6.54 Å². The van der Waals surface area contributed by atoms with Gasteiger partial charge in [0.25, 0.3) is 0 Å². The molecule has 0 radical (unpaired) electrons. The van der Waals surface area contributed by atoms with Gasteiger partial charge in [-0.25, -0.2) is 4.39 Å². The highest BCUT2D eigenvalue weighted by atomic mass is 32.2. The lowest BCUT2D eigenvalue weighted by Gasteiger charge is -2.18. The van der Waals surface area contributed by atoms with Gasteiger partial charge in [0.05, 0.1) is 4.90 Å². The van der Waals surface area contributed by atoms with Gasteiger partial charge in [-0.05, 0) is 50.6 Å². The Morgan fingerprint density at radius 3 is 2.62 bits per heavy atom. The summed E-state index contributed by atoms with van der Waals surface area (Å²) in [6.07, 6.45) is 0. The quantitative estimate of drug-likeness (QED) is 0.808. The van der Waals surface area contributed by atoms with E-state index in [9.17, 15) is 4.39 Å². The molecule has 1 atom stereocenters. The van der Waals surface area contributed by atoms with Crippen LogP contribution in [0.15, 0.2) is 46.2 Å². The van der Waals surface area contributed by atoms with Crippen LogP contribution in [0.3, 0.4) is 0 Å². The molecule has 2 aromatic carbocycles. The van der Waals surface area contributed by atoms with E-state index in [1.54, 1.807) is 6.07 Å². The van der Waals surface area contributed by atoms with Gasteiger partial charge in [-0.1, -0.05) is 48.5 Å². The van der Waals surface area contributed by atoms with E-state index in [0.717, 1.165) is 21.9 Å². The van der Waals surface area contributed by atoms with E-state index in [1.165, 1.54) is 29.0 Å². The van der Waals surface area contributed by atoms with Crippen LogP contribution in [0.25, 0.3) is 0 Å². The Labute approximate surface area is 131 Å². The maximum Gasteiger partial charge on any atom is 0.137 e. The Bertz CT molecular complexity index is 625. The molecule has 0 aliphatic rings. The van der Waals surface area contributed by atoms with Crippen molar-refractivity contribution in [3.63, 3.8) is 0 Å². The molecule has 3 heteroatoms. The number of rotatable bonds is 5. The van der Waals surface area contributed by atoms with Crippen LogP contribution < -0.4 is 5.32 Å². The van der Waals surface area contributed by atoms with Crippen LogP contribution in [0.5, 0.6) is 0 Å². The van der Waals surface area contributed by atoms with E-state index in [-0.39, 0.29) is 11.9 Å². The van der Waals surface area contributed by atoms with Gasteiger partial charge >= 0.3 is 0 Å². The van der Waals surface area contributed by atoms with Crippen molar-refractivity contribution in [1.29, 1.82) is 0 Å².